The molecule has 0 spiro atoms. The second kappa shape index (κ2) is 16.8. The third-order valence-corrected chi connectivity index (χ3v) is 9.14. The van der Waals surface area contributed by atoms with E-state index in [1.54, 1.807) is 0 Å². The molecular weight excluding hydrogens is 534 g/mol. The summed E-state index contributed by atoms with van der Waals surface area (Å²) in [5.74, 6) is 0.749. The number of hydrogen-bond donors (Lipinski definition) is 0. The molecule has 44 heavy (non-hydrogen) atoms. The fourth-order valence-corrected chi connectivity index (χ4v) is 6.73. The van der Waals surface area contributed by atoms with Crippen molar-refractivity contribution in [2.24, 2.45) is 0 Å². The Balaban J connectivity index is 1.13. The first-order valence-corrected chi connectivity index (χ1v) is 16.9. The van der Waals surface area contributed by atoms with Crippen molar-refractivity contribution in [2.45, 2.75) is 83.5 Å². The molecule has 0 saturated carbocycles. The van der Waals surface area contributed by atoms with Crippen LogP contribution in [0.15, 0.2) is 121 Å². The molecule has 0 saturated heterocycles. The number of rotatable bonds is 15. The molecule has 0 aliphatic heterocycles. The number of anilines is 1. The summed E-state index contributed by atoms with van der Waals surface area (Å²) in [6, 6.07) is 39.3. The Kier molecular flexibility index (Phi) is 12.0. The molecule has 2 heteroatoms. The molecular formula is C42H49NO. The predicted octanol–water partition coefficient (Wildman–Crippen LogP) is 10.8. The molecule has 0 aromatic heterocycles. The number of hydrogen-bond acceptors (Lipinski definition) is 2. The summed E-state index contributed by atoms with van der Waals surface area (Å²) in [6.07, 6.45) is 14.0. The lowest BCUT2D eigenvalue weighted by Crippen LogP contribution is -2.25. The molecule has 0 bridgehead atoms. The number of unbranched alkanes of at least 4 members (excludes halogenated alkanes) is 3. The van der Waals surface area contributed by atoms with Crippen LogP contribution in [0, 0.1) is 0 Å². The summed E-state index contributed by atoms with van der Waals surface area (Å²) >= 11 is 0. The largest absolute Gasteiger partial charge is 0.372 e. The van der Waals surface area contributed by atoms with Crippen molar-refractivity contribution in [2.75, 3.05) is 18.0 Å². The molecule has 0 heterocycles. The lowest BCUT2D eigenvalue weighted by Gasteiger charge is -2.25. The quantitative estimate of drug-likeness (QED) is 0.0788. The van der Waals surface area contributed by atoms with Crippen LogP contribution in [0.3, 0.4) is 0 Å². The molecule has 0 fully saturated rings. The van der Waals surface area contributed by atoms with Gasteiger partial charge >= 0.3 is 0 Å². The summed E-state index contributed by atoms with van der Waals surface area (Å²) in [4.78, 5) is 15.9. The highest BCUT2D eigenvalue weighted by Gasteiger charge is 2.20. The van der Waals surface area contributed by atoms with E-state index in [0.29, 0.717) is 12.3 Å². The van der Waals surface area contributed by atoms with Crippen molar-refractivity contribution < 1.29 is 4.79 Å². The van der Waals surface area contributed by atoms with Crippen LogP contribution >= 0.6 is 0 Å². The average molecular weight is 584 g/mol. The van der Waals surface area contributed by atoms with Crippen molar-refractivity contribution >= 4 is 11.5 Å². The lowest BCUT2D eigenvalue weighted by molar-refractivity contribution is 0.0993. The molecule has 0 N–H and O–H groups in total. The Bertz CT molecular complexity index is 1420. The summed E-state index contributed by atoms with van der Waals surface area (Å²) in [5.41, 5.74) is 8.87. The fraction of sp³-hybridized carbons (Fsp3) is 0.357. The van der Waals surface area contributed by atoms with Crippen molar-refractivity contribution in [3.63, 3.8) is 0 Å². The zero-order valence-corrected chi connectivity index (χ0v) is 26.6. The van der Waals surface area contributed by atoms with E-state index in [9.17, 15) is 4.79 Å². The molecule has 0 amide bonds. The number of Topliss-reactive ketones (excluding diaryl/α,β-unsaturated/α-hetero) is 1. The van der Waals surface area contributed by atoms with Gasteiger partial charge in [-0.05, 0) is 79.3 Å². The molecule has 0 atom stereocenters. The van der Waals surface area contributed by atoms with Gasteiger partial charge in [0.2, 0.25) is 0 Å². The first kappa shape index (κ1) is 31.5. The lowest BCUT2D eigenvalue weighted by atomic mass is 9.87. The van der Waals surface area contributed by atoms with Crippen LogP contribution in [0.4, 0.5) is 5.69 Å². The highest BCUT2D eigenvalue weighted by molar-refractivity contribution is 6.00. The van der Waals surface area contributed by atoms with Gasteiger partial charge in [0.1, 0.15) is 0 Å². The SMILES string of the molecule is CCCN(CCCCCCC(c1ccccc1)c1ccccc1)c1ccc2c(c1)C(=O)C/C(=C/CCc1ccccc1)CC2. The number of nitrogens with zero attached hydrogens (tertiary/aromatic N) is 1. The van der Waals surface area contributed by atoms with Gasteiger partial charge < -0.3 is 4.90 Å². The zero-order valence-electron chi connectivity index (χ0n) is 26.6. The number of aryl methyl sites for hydroxylation is 2. The summed E-state index contributed by atoms with van der Waals surface area (Å²) < 4.78 is 0. The Morgan fingerprint density at radius 3 is 2.07 bits per heavy atom. The van der Waals surface area contributed by atoms with E-state index in [4.69, 9.17) is 0 Å². The molecule has 1 aliphatic rings. The monoisotopic (exact) mass is 583 g/mol. The normalized spacial score (nSPS) is 14.0. The minimum atomic E-state index is 0.285. The van der Waals surface area contributed by atoms with E-state index in [-0.39, 0.29) is 5.78 Å². The molecule has 0 radical (unpaired) electrons. The van der Waals surface area contributed by atoms with Gasteiger partial charge in [-0.15, -0.1) is 0 Å². The van der Waals surface area contributed by atoms with Crippen molar-refractivity contribution in [1.82, 2.24) is 0 Å². The third kappa shape index (κ3) is 9.05. The number of carbonyl (C=O) groups excluding carboxylic acids is 1. The Morgan fingerprint density at radius 2 is 1.39 bits per heavy atom. The van der Waals surface area contributed by atoms with Crippen LogP contribution in [0.1, 0.15) is 103 Å². The summed E-state index contributed by atoms with van der Waals surface area (Å²) in [5, 5.41) is 0. The first-order valence-electron chi connectivity index (χ1n) is 16.9. The van der Waals surface area contributed by atoms with Gasteiger partial charge in [0.25, 0.3) is 0 Å². The Hall–Kier alpha value is -3.91. The van der Waals surface area contributed by atoms with E-state index in [1.165, 1.54) is 65.6 Å². The topological polar surface area (TPSA) is 20.3 Å². The second-order valence-corrected chi connectivity index (χ2v) is 12.4. The number of allylic oxidation sites excluding steroid dienone is 2. The second-order valence-electron chi connectivity index (χ2n) is 12.4. The molecule has 4 aromatic rings. The van der Waals surface area contributed by atoms with E-state index in [1.807, 2.05) is 0 Å². The van der Waals surface area contributed by atoms with Crippen LogP contribution in [0.25, 0.3) is 0 Å². The highest BCUT2D eigenvalue weighted by Crippen LogP contribution is 2.31. The fourth-order valence-electron chi connectivity index (χ4n) is 6.73. The number of carbonyl (C=O) groups is 1. The molecule has 0 unspecified atom stereocenters. The van der Waals surface area contributed by atoms with Gasteiger partial charge in [-0.1, -0.05) is 135 Å². The molecule has 2 nitrogen and oxygen atoms in total. The van der Waals surface area contributed by atoms with E-state index >= 15 is 0 Å². The third-order valence-electron chi connectivity index (χ3n) is 9.14. The van der Waals surface area contributed by atoms with E-state index in [2.05, 4.69) is 127 Å². The van der Waals surface area contributed by atoms with Gasteiger partial charge in [0, 0.05) is 36.7 Å². The first-order chi connectivity index (χ1) is 21.7. The maximum Gasteiger partial charge on any atom is 0.167 e. The van der Waals surface area contributed by atoms with Crippen LogP contribution in [0.5, 0.6) is 0 Å². The molecule has 228 valence electrons. The Labute approximate surface area is 265 Å². The van der Waals surface area contributed by atoms with E-state index in [0.717, 1.165) is 50.8 Å². The molecule has 1 aliphatic carbocycles. The van der Waals surface area contributed by atoms with Crippen molar-refractivity contribution in [3.05, 3.63) is 149 Å². The van der Waals surface area contributed by atoms with Crippen LogP contribution in [-0.2, 0) is 12.8 Å². The maximum atomic E-state index is 13.4. The highest BCUT2D eigenvalue weighted by atomic mass is 16.1. The number of fused-ring (bicyclic) bond motifs is 1. The average Bonchev–Trinajstić information content (AvgIpc) is 3.23. The van der Waals surface area contributed by atoms with Gasteiger partial charge in [0.05, 0.1) is 0 Å². The van der Waals surface area contributed by atoms with E-state index < -0.39 is 0 Å². The standard InChI is InChI=1S/C42H49NO/c1-2-30-43(31-15-4-3-14-25-40(36-21-10-6-11-22-36)37-23-12-7-13-24-37)39-29-28-38-27-26-35(32-42(44)41(38)33-39)20-16-19-34-17-8-5-9-18-34/h5-13,17-18,20-24,28-29,33,40H,2-4,14-16,19,25-27,30-32H2,1H3/b35-20+. The van der Waals surface area contributed by atoms with Crippen LogP contribution < -0.4 is 4.90 Å². The maximum absolute atomic E-state index is 13.4. The molecule has 5 rings (SSSR count). The summed E-state index contributed by atoms with van der Waals surface area (Å²) in [6.45, 7) is 4.33. The van der Waals surface area contributed by atoms with Gasteiger partial charge in [0.15, 0.2) is 5.78 Å². The minimum Gasteiger partial charge on any atom is -0.372 e. The smallest absolute Gasteiger partial charge is 0.167 e. The zero-order chi connectivity index (χ0) is 30.4. The van der Waals surface area contributed by atoms with Gasteiger partial charge in [-0.2, -0.15) is 0 Å². The number of benzene rings is 4. The van der Waals surface area contributed by atoms with Crippen molar-refractivity contribution in [1.29, 1.82) is 0 Å². The predicted molar refractivity (Wildman–Crippen MR) is 187 cm³/mol. The summed E-state index contributed by atoms with van der Waals surface area (Å²) in [7, 11) is 0. The van der Waals surface area contributed by atoms with Crippen LogP contribution in [-0.4, -0.2) is 18.9 Å². The van der Waals surface area contributed by atoms with Gasteiger partial charge in [-0.25, -0.2) is 0 Å². The van der Waals surface area contributed by atoms with Crippen molar-refractivity contribution in [3.8, 4) is 0 Å². The Morgan fingerprint density at radius 1 is 0.727 bits per heavy atom. The minimum absolute atomic E-state index is 0.285. The number of ketones is 1. The van der Waals surface area contributed by atoms with Gasteiger partial charge in [-0.3, -0.25) is 4.79 Å². The van der Waals surface area contributed by atoms with Crippen LogP contribution in [0.2, 0.25) is 0 Å². The molecule has 4 aromatic carbocycles.